The monoisotopic (exact) mass is 191 g/mol. The molecule has 3 heteroatoms. The molecule has 0 saturated carbocycles. The van der Waals surface area contributed by atoms with Gasteiger partial charge in [0.25, 0.3) is 0 Å². The van der Waals surface area contributed by atoms with Crippen LogP contribution in [0.25, 0.3) is 0 Å². The molecule has 0 aliphatic carbocycles. The Morgan fingerprint density at radius 2 is 2.50 bits per heavy atom. The molecule has 1 aliphatic heterocycles. The lowest BCUT2D eigenvalue weighted by Crippen LogP contribution is -2.17. The quantitative estimate of drug-likeness (QED) is 0.758. The van der Waals surface area contributed by atoms with Gasteiger partial charge in [0.05, 0.1) is 0 Å². The fraction of sp³-hybridized carbons (Fsp3) is 0.545. The number of hydrogen-bond donors (Lipinski definition) is 2. The molecule has 1 aromatic rings. The molecule has 0 aromatic carbocycles. The number of hydrogen-bond acceptors (Lipinski definition) is 3. The van der Waals surface area contributed by atoms with Gasteiger partial charge >= 0.3 is 0 Å². The van der Waals surface area contributed by atoms with E-state index < -0.39 is 0 Å². The average molecular weight is 191 g/mol. The van der Waals surface area contributed by atoms with E-state index in [4.69, 9.17) is 0 Å². The Hall–Kier alpha value is -1.09. The number of rotatable bonds is 3. The third-order valence-electron chi connectivity index (χ3n) is 2.62. The summed E-state index contributed by atoms with van der Waals surface area (Å²) in [6, 6.07) is 6.08. The molecule has 1 fully saturated rings. The summed E-state index contributed by atoms with van der Waals surface area (Å²) in [5, 5.41) is 6.74. The predicted molar refractivity (Wildman–Crippen MR) is 58.4 cm³/mol. The summed E-state index contributed by atoms with van der Waals surface area (Å²) in [6.07, 6.45) is 1.28. The predicted octanol–water partition coefficient (Wildman–Crippen LogP) is 1.41. The van der Waals surface area contributed by atoms with Gasteiger partial charge in [-0.05, 0) is 44.5 Å². The van der Waals surface area contributed by atoms with Crippen molar-refractivity contribution in [3.05, 3.63) is 23.9 Å². The first-order valence-electron chi connectivity index (χ1n) is 5.23. The zero-order chi connectivity index (χ0) is 9.80. The summed E-state index contributed by atoms with van der Waals surface area (Å²) in [5.74, 6) is 1.76. The fourth-order valence-corrected chi connectivity index (χ4v) is 1.78. The highest BCUT2D eigenvalue weighted by Gasteiger charge is 2.13. The molecule has 0 bridgehead atoms. The second-order valence-electron chi connectivity index (χ2n) is 3.90. The third kappa shape index (κ3) is 2.45. The van der Waals surface area contributed by atoms with E-state index in [1.165, 1.54) is 6.42 Å². The number of pyridine rings is 1. The minimum Gasteiger partial charge on any atom is -0.370 e. The molecule has 1 atom stereocenters. The van der Waals surface area contributed by atoms with E-state index in [0.29, 0.717) is 0 Å². The molecular weight excluding hydrogens is 174 g/mol. The van der Waals surface area contributed by atoms with Gasteiger partial charge < -0.3 is 10.6 Å². The Balaban J connectivity index is 1.85. The molecule has 1 aromatic heterocycles. The molecule has 2 heterocycles. The van der Waals surface area contributed by atoms with E-state index in [1.54, 1.807) is 0 Å². The number of aromatic nitrogens is 1. The molecule has 0 unspecified atom stereocenters. The van der Waals surface area contributed by atoms with Crippen molar-refractivity contribution in [2.45, 2.75) is 13.3 Å². The molecule has 1 saturated heterocycles. The van der Waals surface area contributed by atoms with Gasteiger partial charge in [-0.25, -0.2) is 4.98 Å². The minimum absolute atomic E-state index is 0.761. The average Bonchev–Trinajstić information content (AvgIpc) is 2.67. The van der Waals surface area contributed by atoms with Crippen molar-refractivity contribution in [1.82, 2.24) is 10.3 Å². The Morgan fingerprint density at radius 3 is 3.21 bits per heavy atom. The van der Waals surface area contributed by atoms with Gasteiger partial charge in [0.1, 0.15) is 5.82 Å². The molecule has 0 radical (unpaired) electrons. The lowest BCUT2D eigenvalue weighted by atomic mass is 10.1. The Bertz CT molecular complexity index is 292. The molecule has 1 aliphatic rings. The van der Waals surface area contributed by atoms with Gasteiger partial charge in [0.15, 0.2) is 0 Å². The van der Waals surface area contributed by atoms with Gasteiger partial charge in [-0.1, -0.05) is 6.07 Å². The highest BCUT2D eigenvalue weighted by Crippen LogP contribution is 2.09. The summed E-state index contributed by atoms with van der Waals surface area (Å²) in [6.45, 7) is 5.35. The van der Waals surface area contributed by atoms with E-state index in [9.17, 15) is 0 Å². The minimum atomic E-state index is 0.761. The summed E-state index contributed by atoms with van der Waals surface area (Å²) >= 11 is 0. The number of anilines is 1. The second kappa shape index (κ2) is 4.42. The highest BCUT2D eigenvalue weighted by molar-refractivity contribution is 5.35. The maximum Gasteiger partial charge on any atom is 0.126 e. The van der Waals surface area contributed by atoms with E-state index in [-0.39, 0.29) is 0 Å². The van der Waals surface area contributed by atoms with Crippen molar-refractivity contribution < 1.29 is 0 Å². The van der Waals surface area contributed by atoms with Gasteiger partial charge in [-0.3, -0.25) is 0 Å². The van der Waals surface area contributed by atoms with Crippen LogP contribution in [-0.4, -0.2) is 24.6 Å². The van der Waals surface area contributed by atoms with E-state index >= 15 is 0 Å². The van der Waals surface area contributed by atoms with Crippen LogP contribution in [-0.2, 0) is 0 Å². The number of aryl methyl sites for hydroxylation is 1. The molecule has 14 heavy (non-hydrogen) atoms. The molecule has 0 amide bonds. The molecule has 0 spiro atoms. The van der Waals surface area contributed by atoms with Gasteiger partial charge in [0, 0.05) is 12.2 Å². The van der Waals surface area contributed by atoms with E-state index in [0.717, 1.165) is 37.1 Å². The van der Waals surface area contributed by atoms with Gasteiger partial charge in [-0.15, -0.1) is 0 Å². The van der Waals surface area contributed by atoms with Crippen molar-refractivity contribution in [2.24, 2.45) is 5.92 Å². The smallest absolute Gasteiger partial charge is 0.126 e. The first kappa shape index (κ1) is 9.46. The molecule has 2 N–H and O–H groups in total. The molecule has 76 valence electrons. The molecular formula is C11H17N3. The molecule has 3 nitrogen and oxygen atoms in total. The van der Waals surface area contributed by atoms with Crippen LogP contribution in [0.4, 0.5) is 5.82 Å². The van der Waals surface area contributed by atoms with Crippen LogP contribution in [0, 0.1) is 12.8 Å². The summed E-state index contributed by atoms with van der Waals surface area (Å²) in [5.41, 5.74) is 1.07. The van der Waals surface area contributed by atoms with E-state index in [2.05, 4.69) is 15.6 Å². The van der Waals surface area contributed by atoms with Crippen LogP contribution in [0.2, 0.25) is 0 Å². The second-order valence-corrected chi connectivity index (χ2v) is 3.90. The van der Waals surface area contributed by atoms with Crippen molar-refractivity contribution in [3.8, 4) is 0 Å². The van der Waals surface area contributed by atoms with Crippen LogP contribution in [0.15, 0.2) is 18.2 Å². The SMILES string of the molecule is Cc1cccc(NC[C@H]2CCNC2)n1. The maximum absolute atomic E-state index is 4.40. The lowest BCUT2D eigenvalue weighted by Gasteiger charge is -2.10. The summed E-state index contributed by atoms with van der Waals surface area (Å²) in [4.78, 5) is 4.40. The van der Waals surface area contributed by atoms with Gasteiger partial charge in [0.2, 0.25) is 0 Å². The van der Waals surface area contributed by atoms with Gasteiger partial charge in [-0.2, -0.15) is 0 Å². The first-order chi connectivity index (χ1) is 6.84. The van der Waals surface area contributed by atoms with Crippen LogP contribution >= 0.6 is 0 Å². The zero-order valence-electron chi connectivity index (χ0n) is 8.59. The molecule has 2 rings (SSSR count). The van der Waals surface area contributed by atoms with Crippen molar-refractivity contribution in [1.29, 1.82) is 0 Å². The largest absolute Gasteiger partial charge is 0.370 e. The standard InChI is InChI=1S/C11H17N3/c1-9-3-2-4-11(14-9)13-8-10-5-6-12-7-10/h2-4,10,12H,5-8H2,1H3,(H,13,14)/t10-/m0/s1. The number of nitrogens with zero attached hydrogens (tertiary/aromatic N) is 1. The summed E-state index contributed by atoms with van der Waals surface area (Å²) in [7, 11) is 0. The zero-order valence-corrected chi connectivity index (χ0v) is 8.59. The highest BCUT2D eigenvalue weighted by atomic mass is 15.0. The number of nitrogens with one attached hydrogen (secondary N) is 2. The maximum atomic E-state index is 4.40. The Labute approximate surface area is 84.9 Å². The van der Waals surface area contributed by atoms with Crippen molar-refractivity contribution in [3.63, 3.8) is 0 Å². The normalized spacial score (nSPS) is 21.1. The fourth-order valence-electron chi connectivity index (χ4n) is 1.78. The van der Waals surface area contributed by atoms with Crippen molar-refractivity contribution >= 4 is 5.82 Å². The first-order valence-corrected chi connectivity index (χ1v) is 5.23. The van der Waals surface area contributed by atoms with Crippen LogP contribution in [0.3, 0.4) is 0 Å². The van der Waals surface area contributed by atoms with Crippen LogP contribution < -0.4 is 10.6 Å². The van der Waals surface area contributed by atoms with E-state index in [1.807, 2.05) is 25.1 Å². The van der Waals surface area contributed by atoms with Crippen LogP contribution in [0.5, 0.6) is 0 Å². The van der Waals surface area contributed by atoms with Crippen LogP contribution in [0.1, 0.15) is 12.1 Å². The topological polar surface area (TPSA) is 37.0 Å². The lowest BCUT2D eigenvalue weighted by molar-refractivity contribution is 0.614. The third-order valence-corrected chi connectivity index (χ3v) is 2.62. The Morgan fingerprint density at radius 1 is 1.57 bits per heavy atom. The summed E-state index contributed by atoms with van der Waals surface area (Å²) < 4.78 is 0. The Kier molecular flexibility index (Phi) is 2.99. The van der Waals surface area contributed by atoms with Crippen molar-refractivity contribution in [2.75, 3.05) is 25.0 Å².